The molecular weight excluding hydrogens is 276 g/mol. The van der Waals surface area contributed by atoms with Crippen molar-refractivity contribution in [3.8, 4) is 0 Å². The third-order valence-corrected chi connectivity index (χ3v) is 6.60. The Morgan fingerprint density at radius 1 is 1.09 bits per heavy atom. The molecule has 3 atom stereocenters. The molecule has 3 nitrogen and oxygen atoms in total. The van der Waals surface area contributed by atoms with Crippen molar-refractivity contribution < 1.29 is 14.3 Å². The molecule has 3 unspecified atom stereocenters. The van der Waals surface area contributed by atoms with E-state index in [1.165, 1.54) is 37.7 Å². The molecule has 3 fully saturated rings. The summed E-state index contributed by atoms with van der Waals surface area (Å²) in [6.07, 6.45) is 10.3. The Bertz CT molecular complexity index is 487. The van der Waals surface area contributed by atoms with Crippen LogP contribution in [-0.4, -0.2) is 24.8 Å². The van der Waals surface area contributed by atoms with Gasteiger partial charge < -0.3 is 9.47 Å². The summed E-state index contributed by atoms with van der Waals surface area (Å²) in [7, 11) is 0. The zero-order chi connectivity index (χ0) is 15.2. The fraction of sp³-hybridized carbons (Fsp3) is 0.842. The van der Waals surface area contributed by atoms with Crippen molar-refractivity contribution in [1.82, 2.24) is 0 Å². The van der Waals surface area contributed by atoms with Crippen molar-refractivity contribution >= 4 is 5.78 Å². The summed E-state index contributed by atoms with van der Waals surface area (Å²) >= 11 is 0. The highest BCUT2D eigenvalue weighted by Gasteiger charge is 2.42. The first-order valence-electron chi connectivity index (χ1n) is 9.19. The molecule has 1 heterocycles. The molecule has 0 spiro atoms. The molecule has 4 aliphatic rings. The lowest BCUT2D eigenvalue weighted by Crippen LogP contribution is -2.33. The topological polar surface area (TPSA) is 35.5 Å². The van der Waals surface area contributed by atoms with Crippen LogP contribution in [0, 0.1) is 17.8 Å². The maximum atomic E-state index is 12.5. The van der Waals surface area contributed by atoms with E-state index in [1.54, 1.807) is 0 Å². The molecule has 0 N–H and O–H groups in total. The van der Waals surface area contributed by atoms with Crippen LogP contribution >= 0.6 is 0 Å². The van der Waals surface area contributed by atoms with E-state index < -0.39 is 5.79 Å². The second kappa shape index (κ2) is 5.76. The average Bonchev–Trinajstić information content (AvgIpc) is 3.15. The highest BCUT2D eigenvalue weighted by atomic mass is 16.7. The first-order valence-corrected chi connectivity index (χ1v) is 9.19. The van der Waals surface area contributed by atoms with Crippen molar-refractivity contribution in [2.75, 3.05) is 13.2 Å². The lowest BCUT2D eigenvalue weighted by molar-refractivity contribution is -0.146. The summed E-state index contributed by atoms with van der Waals surface area (Å²) in [5.74, 6) is 2.48. The van der Waals surface area contributed by atoms with Crippen LogP contribution in [0.4, 0.5) is 0 Å². The monoisotopic (exact) mass is 304 g/mol. The van der Waals surface area contributed by atoms with Gasteiger partial charge in [-0.25, -0.2) is 0 Å². The number of hydrogen-bond donors (Lipinski definition) is 0. The van der Waals surface area contributed by atoms with Gasteiger partial charge in [-0.1, -0.05) is 18.4 Å². The van der Waals surface area contributed by atoms with Crippen molar-refractivity contribution in [2.45, 2.75) is 70.5 Å². The van der Waals surface area contributed by atoms with Gasteiger partial charge >= 0.3 is 0 Å². The van der Waals surface area contributed by atoms with Gasteiger partial charge in [0.1, 0.15) is 0 Å². The van der Waals surface area contributed by atoms with Crippen LogP contribution in [0.15, 0.2) is 11.1 Å². The molecular formula is C19H28O3. The fourth-order valence-corrected chi connectivity index (χ4v) is 5.47. The summed E-state index contributed by atoms with van der Waals surface area (Å²) < 4.78 is 11.4. The number of fused-ring (bicyclic) bond motifs is 3. The van der Waals surface area contributed by atoms with Crippen molar-refractivity contribution in [1.29, 1.82) is 0 Å². The smallest absolute Gasteiger partial charge is 0.166 e. The Hall–Kier alpha value is -0.670. The Labute approximate surface area is 133 Å². The number of rotatable bonds is 3. The standard InChI is InChI=1S/C19H28O3/c1-19(21-11-12-22-19)10-9-17-16-6-5-13-3-2-4-14(13)15(16)7-8-18(17)20/h13-15H,2-12H2,1H3. The third kappa shape index (κ3) is 2.56. The molecule has 22 heavy (non-hydrogen) atoms. The summed E-state index contributed by atoms with van der Waals surface area (Å²) in [6.45, 7) is 3.38. The van der Waals surface area contributed by atoms with Gasteiger partial charge in [0.2, 0.25) is 0 Å². The number of carbonyl (C=O) groups excluding carboxylic acids is 1. The zero-order valence-electron chi connectivity index (χ0n) is 13.7. The van der Waals surface area contributed by atoms with Gasteiger partial charge in [-0.05, 0) is 62.4 Å². The van der Waals surface area contributed by atoms with Gasteiger partial charge in [0, 0.05) is 12.8 Å². The van der Waals surface area contributed by atoms with Crippen LogP contribution in [-0.2, 0) is 14.3 Å². The third-order valence-electron chi connectivity index (χ3n) is 6.60. The summed E-state index contributed by atoms with van der Waals surface area (Å²) in [5, 5.41) is 0. The first kappa shape index (κ1) is 14.9. The van der Waals surface area contributed by atoms with Crippen LogP contribution in [0.1, 0.15) is 64.7 Å². The van der Waals surface area contributed by atoms with Gasteiger partial charge in [-0.2, -0.15) is 0 Å². The second-order valence-corrected chi connectivity index (χ2v) is 7.80. The predicted molar refractivity (Wildman–Crippen MR) is 84.4 cm³/mol. The second-order valence-electron chi connectivity index (χ2n) is 7.80. The van der Waals surface area contributed by atoms with Crippen LogP contribution in [0.3, 0.4) is 0 Å². The van der Waals surface area contributed by atoms with E-state index in [0.717, 1.165) is 43.1 Å². The molecule has 0 radical (unpaired) electrons. The molecule has 0 bridgehead atoms. The minimum atomic E-state index is -0.467. The van der Waals surface area contributed by atoms with Gasteiger partial charge in [0.25, 0.3) is 0 Å². The van der Waals surface area contributed by atoms with Crippen molar-refractivity contribution in [2.24, 2.45) is 17.8 Å². The highest BCUT2D eigenvalue weighted by Crippen LogP contribution is 2.52. The first-order chi connectivity index (χ1) is 10.7. The molecule has 0 aromatic carbocycles. The molecule has 0 aromatic heterocycles. The molecule has 0 aromatic rings. The molecule has 1 aliphatic heterocycles. The van der Waals surface area contributed by atoms with E-state index in [4.69, 9.17) is 9.47 Å². The number of carbonyl (C=O) groups is 1. The molecule has 0 amide bonds. The van der Waals surface area contributed by atoms with E-state index in [1.807, 2.05) is 6.92 Å². The maximum Gasteiger partial charge on any atom is 0.166 e. The number of ketones is 1. The molecule has 1 saturated heterocycles. The SMILES string of the molecule is CC1(CCC2=C3CCC4CCCC4C3CCC2=O)OCCO1. The Kier molecular flexibility index (Phi) is 3.90. The number of allylic oxidation sites excluding steroid dienone is 2. The van der Waals surface area contributed by atoms with Crippen LogP contribution in [0.25, 0.3) is 0 Å². The van der Waals surface area contributed by atoms with Crippen LogP contribution < -0.4 is 0 Å². The van der Waals surface area contributed by atoms with E-state index in [-0.39, 0.29) is 0 Å². The average molecular weight is 304 g/mol. The van der Waals surface area contributed by atoms with Gasteiger partial charge in [-0.15, -0.1) is 0 Å². The van der Waals surface area contributed by atoms with Gasteiger partial charge in [-0.3, -0.25) is 4.79 Å². The minimum Gasteiger partial charge on any atom is -0.348 e. The molecule has 4 rings (SSSR count). The quantitative estimate of drug-likeness (QED) is 0.790. The van der Waals surface area contributed by atoms with E-state index >= 15 is 0 Å². The fourth-order valence-electron chi connectivity index (χ4n) is 5.47. The summed E-state index contributed by atoms with van der Waals surface area (Å²) in [6, 6.07) is 0. The van der Waals surface area contributed by atoms with Gasteiger partial charge in [0.05, 0.1) is 13.2 Å². The summed E-state index contributed by atoms with van der Waals surface area (Å²) in [4.78, 5) is 12.5. The zero-order valence-corrected chi connectivity index (χ0v) is 13.7. The summed E-state index contributed by atoms with van der Waals surface area (Å²) in [5.41, 5.74) is 2.68. The number of hydrogen-bond acceptors (Lipinski definition) is 3. The largest absolute Gasteiger partial charge is 0.348 e. The Balaban J connectivity index is 1.54. The van der Waals surface area contributed by atoms with E-state index in [2.05, 4.69) is 0 Å². The van der Waals surface area contributed by atoms with E-state index in [0.29, 0.717) is 24.9 Å². The Morgan fingerprint density at radius 3 is 2.73 bits per heavy atom. The molecule has 122 valence electrons. The van der Waals surface area contributed by atoms with Crippen LogP contribution in [0.2, 0.25) is 0 Å². The maximum absolute atomic E-state index is 12.5. The van der Waals surface area contributed by atoms with Gasteiger partial charge in [0.15, 0.2) is 11.6 Å². The van der Waals surface area contributed by atoms with E-state index in [9.17, 15) is 4.79 Å². The number of ether oxygens (including phenoxy) is 2. The normalized spacial score (nSPS) is 37.3. The molecule has 2 saturated carbocycles. The number of Topliss-reactive ketones (excluding diaryl/α,β-unsaturated/α-hetero) is 1. The predicted octanol–water partition coefficient (Wildman–Crippen LogP) is 4.02. The minimum absolute atomic E-state index is 0.407. The molecule has 3 heteroatoms. The van der Waals surface area contributed by atoms with Crippen molar-refractivity contribution in [3.05, 3.63) is 11.1 Å². The lowest BCUT2D eigenvalue weighted by atomic mass is 9.64. The Morgan fingerprint density at radius 2 is 1.91 bits per heavy atom. The molecule has 3 aliphatic carbocycles. The highest BCUT2D eigenvalue weighted by molar-refractivity contribution is 5.97. The lowest BCUT2D eigenvalue weighted by Gasteiger charge is -2.40. The van der Waals surface area contributed by atoms with Crippen molar-refractivity contribution in [3.63, 3.8) is 0 Å². The van der Waals surface area contributed by atoms with Crippen LogP contribution in [0.5, 0.6) is 0 Å².